The summed E-state index contributed by atoms with van der Waals surface area (Å²) < 4.78 is 12.6. The fraction of sp³-hybridized carbons (Fsp3) is 1.00. The summed E-state index contributed by atoms with van der Waals surface area (Å²) in [6, 6.07) is 0.506. The minimum absolute atomic E-state index is 0.341. The van der Waals surface area contributed by atoms with E-state index in [4.69, 9.17) is 21.5 Å². The molecule has 0 saturated carbocycles. The number of thiol groups is 1. The smallest absolute Gasteiger partial charge is 0.353 e. The Hall–Kier alpha value is 0.407. The third-order valence-corrected chi connectivity index (χ3v) is 9.38. The zero-order valence-electron chi connectivity index (χ0n) is 16.0. The second-order valence-corrected chi connectivity index (χ2v) is 10.7. The van der Waals surface area contributed by atoms with Gasteiger partial charge in [-0.25, -0.2) is 0 Å². The van der Waals surface area contributed by atoms with Crippen molar-refractivity contribution >= 4 is 21.2 Å². The highest BCUT2D eigenvalue weighted by Crippen LogP contribution is 2.32. The van der Waals surface area contributed by atoms with Crippen LogP contribution in [-0.4, -0.2) is 63.3 Å². The normalized spacial score (nSPS) is 24.4. The highest BCUT2D eigenvalue weighted by molar-refractivity contribution is 7.81. The molecule has 0 aromatic heterocycles. The van der Waals surface area contributed by atoms with Crippen LogP contribution in [0.25, 0.3) is 0 Å². The van der Waals surface area contributed by atoms with Gasteiger partial charge in [0.2, 0.25) is 0 Å². The molecule has 0 aromatic carbocycles. The Morgan fingerprint density at radius 3 is 2.35 bits per heavy atom. The molecule has 1 N–H and O–H groups in total. The first kappa shape index (κ1) is 21.4. The molecule has 138 valence electrons. The van der Waals surface area contributed by atoms with E-state index in [-0.39, 0.29) is 0 Å². The van der Waals surface area contributed by atoms with Gasteiger partial charge in [-0.3, -0.25) is 4.90 Å². The molecule has 1 aliphatic rings. The number of hydrogen-bond acceptors (Lipinski definition) is 5. The molecule has 0 aromatic rings. The summed E-state index contributed by atoms with van der Waals surface area (Å²) in [6.07, 6.45) is 2.31. The summed E-state index contributed by atoms with van der Waals surface area (Å²) in [5.74, 6) is 0.452. The van der Waals surface area contributed by atoms with Crippen LogP contribution in [0.4, 0.5) is 0 Å². The lowest BCUT2D eigenvalue weighted by Gasteiger charge is -2.49. The maximum absolute atomic E-state index is 6.30. The van der Waals surface area contributed by atoms with E-state index in [2.05, 4.69) is 51.4 Å². The molecule has 4 atom stereocenters. The average Bonchev–Trinajstić information content (AvgIpc) is 2.50. The Bertz CT molecular complexity index is 330. The molecule has 23 heavy (non-hydrogen) atoms. The molecule has 0 aliphatic carbocycles. The molecule has 0 spiro atoms. The summed E-state index contributed by atoms with van der Waals surface area (Å²) in [6.45, 7) is 17.9. The SMILES string of the molecule is CCCC(S)C(C)C(N1CCNCC1C)[Si](C)(OCC)OCC. The quantitative estimate of drug-likeness (QED) is 0.462. The van der Waals surface area contributed by atoms with Gasteiger partial charge in [-0.2, -0.15) is 12.6 Å². The van der Waals surface area contributed by atoms with Crippen LogP contribution in [0.5, 0.6) is 0 Å². The monoisotopic (exact) mass is 362 g/mol. The van der Waals surface area contributed by atoms with E-state index < -0.39 is 8.56 Å². The molecular formula is C17H38N2O2SSi. The lowest BCUT2D eigenvalue weighted by molar-refractivity contribution is 0.0703. The van der Waals surface area contributed by atoms with Gasteiger partial charge < -0.3 is 14.2 Å². The lowest BCUT2D eigenvalue weighted by Crippen LogP contribution is -2.67. The predicted octanol–water partition coefficient (Wildman–Crippen LogP) is 3.07. The number of nitrogens with zero attached hydrogens (tertiary/aromatic N) is 1. The number of rotatable bonds is 10. The van der Waals surface area contributed by atoms with Gasteiger partial charge >= 0.3 is 8.56 Å². The van der Waals surface area contributed by atoms with Gasteiger partial charge in [0.25, 0.3) is 0 Å². The van der Waals surface area contributed by atoms with Gasteiger partial charge in [0.1, 0.15) is 0 Å². The van der Waals surface area contributed by atoms with E-state index in [9.17, 15) is 0 Å². The van der Waals surface area contributed by atoms with Crippen molar-refractivity contribution in [3.63, 3.8) is 0 Å². The molecule has 1 rings (SSSR count). The molecule has 1 heterocycles. The van der Waals surface area contributed by atoms with Gasteiger partial charge in [-0.1, -0.05) is 20.3 Å². The molecule has 1 saturated heterocycles. The zero-order valence-corrected chi connectivity index (χ0v) is 17.9. The third kappa shape index (κ3) is 5.72. The van der Waals surface area contributed by atoms with Crippen molar-refractivity contribution in [2.75, 3.05) is 32.8 Å². The van der Waals surface area contributed by atoms with Crippen molar-refractivity contribution < 1.29 is 8.85 Å². The molecular weight excluding hydrogens is 324 g/mol. The summed E-state index contributed by atoms with van der Waals surface area (Å²) in [4.78, 5) is 2.64. The van der Waals surface area contributed by atoms with Gasteiger partial charge in [-0.05, 0) is 39.7 Å². The third-order valence-electron chi connectivity index (χ3n) is 5.00. The Morgan fingerprint density at radius 1 is 1.26 bits per heavy atom. The maximum atomic E-state index is 6.30. The summed E-state index contributed by atoms with van der Waals surface area (Å²) in [5, 5.41) is 3.89. The second-order valence-electron chi connectivity index (χ2n) is 6.83. The van der Waals surface area contributed by atoms with E-state index in [0.29, 0.717) is 22.9 Å². The molecule has 6 heteroatoms. The van der Waals surface area contributed by atoms with Gasteiger partial charge in [0.15, 0.2) is 0 Å². The van der Waals surface area contributed by atoms with Crippen LogP contribution in [0.2, 0.25) is 6.55 Å². The fourth-order valence-corrected chi connectivity index (χ4v) is 8.23. The summed E-state index contributed by atoms with van der Waals surface area (Å²) in [7, 11) is -2.31. The van der Waals surface area contributed by atoms with Crippen molar-refractivity contribution in [2.24, 2.45) is 5.92 Å². The van der Waals surface area contributed by atoms with Crippen molar-refractivity contribution in [1.29, 1.82) is 0 Å². The van der Waals surface area contributed by atoms with Crippen molar-refractivity contribution in [3.05, 3.63) is 0 Å². The minimum atomic E-state index is -2.31. The van der Waals surface area contributed by atoms with Gasteiger partial charge in [0.05, 0.1) is 5.67 Å². The average molecular weight is 363 g/mol. The lowest BCUT2D eigenvalue weighted by atomic mass is 10.0. The van der Waals surface area contributed by atoms with Gasteiger partial charge in [0, 0.05) is 44.1 Å². The van der Waals surface area contributed by atoms with Crippen LogP contribution in [0.3, 0.4) is 0 Å². The topological polar surface area (TPSA) is 33.7 Å². The second kappa shape index (κ2) is 10.4. The first-order valence-corrected chi connectivity index (χ1v) is 12.2. The van der Waals surface area contributed by atoms with Crippen LogP contribution in [0.15, 0.2) is 0 Å². The number of piperazine rings is 1. The first-order chi connectivity index (χ1) is 10.9. The van der Waals surface area contributed by atoms with Crippen molar-refractivity contribution in [2.45, 2.75) is 71.0 Å². The van der Waals surface area contributed by atoms with Crippen LogP contribution in [-0.2, 0) is 8.85 Å². The van der Waals surface area contributed by atoms with Crippen molar-refractivity contribution in [3.8, 4) is 0 Å². The number of nitrogens with one attached hydrogen (secondary N) is 1. The van der Waals surface area contributed by atoms with E-state index in [1.807, 2.05) is 0 Å². The summed E-state index contributed by atoms with van der Waals surface area (Å²) in [5.41, 5.74) is 0.341. The molecule has 0 radical (unpaired) electrons. The van der Waals surface area contributed by atoms with E-state index >= 15 is 0 Å². The number of hydrogen-bond donors (Lipinski definition) is 2. The van der Waals surface area contributed by atoms with E-state index in [0.717, 1.165) is 39.3 Å². The standard InChI is InChI=1S/C17H38N2O2SSi/c1-7-10-16(22)15(5)17(19-12-11-18-13-14(19)4)23(6,20-8-2)21-9-3/h14-18,22H,7-13H2,1-6H3. The molecule has 0 amide bonds. The van der Waals surface area contributed by atoms with Crippen LogP contribution in [0.1, 0.15) is 47.5 Å². The fourth-order valence-electron chi connectivity index (χ4n) is 3.91. The predicted molar refractivity (Wildman–Crippen MR) is 105 cm³/mol. The summed E-state index contributed by atoms with van der Waals surface area (Å²) >= 11 is 4.93. The van der Waals surface area contributed by atoms with E-state index in [1.165, 1.54) is 6.42 Å². The molecule has 4 unspecified atom stereocenters. The highest BCUT2D eigenvalue weighted by Gasteiger charge is 2.49. The largest absolute Gasteiger partial charge is 0.394 e. The molecule has 1 fully saturated rings. The molecule has 1 aliphatic heterocycles. The van der Waals surface area contributed by atoms with Gasteiger partial charge in [-0.15, -0.1) is 0 Å². The van der Waals surface area contributed by atoms with E-state index in [1.54, 1.807) is 0 Å². The highest BCUT2D eigenvalue weighted by atomic mass is 32.1. The molecule has 4 nitrogen and oxygen atoms in total. The minimum Gasteiger partial charge on any atom is -0.394 e. The maximum Gasteiger partial charge on any atom is 0.353 e. The van der Waals surface area contributed by atoms with Crippen molar-refractivity contribution in [1.82, 2.24) is 10.2 Å². The van der Waals surface area contributed by atoms with Crippen LogP contribution < -0.4 is 5.32 Å². The zero-order chi connectivity index (χ0) is 17.5. The van der Waals surface area contributed by atoms with Crippen LogP contribution in [0, 0.1) is 5.92 Å². The Labute approximate surface area is 150 Å². The Kier molecular flexibility index (Phi) is 9.71. The Morgan fingerprint density at radius 2 is 1.87 bits per heavy atom. The van der Waals surface area contributed by atoms with Crippen LogP contribution >= 0.6 is 12.6 Å². The Balaban J connectivity index is 3.11. The molecule has 0 bridgehead atoms. The first-order valence-electron chi connectivity index (χ1n) is 9.33.